The average Bonchev–Trinajstić information content (AvgIpc) is 2.56. The lowest BCUT2D eigenvalue weighted by molar-refractivity contribution is -0.122. The molecule has 1 heterocycles. The zero-order valence-electron chi connectivity index (χ0n) is 12.8. The highest BCUT2D eigenvalue weighted by Crippen LogP contribution is 2.20. The van der Waals surface area contributed by atoms with Crippen LogP contribution in [0.25, 0.3) is 11.0 Å². The summed E-state index contributed by atoms with van der Waals surface area (Å²) in [5.41, 5.74) is 0.397. The Bertz CT molecular complexity index is 934. The van der Waals surface area contributed by atoms with Crippen molar-refractivity contribution in [3.05, 3.63) is 70.8 Å². The highest BCUT2D eigenvalue weighted by molar-refractivity contribution is 5.94. The molecule has 0 unspecified atom stereocenters. The molecule has 0 bridgehead atoms. The third kappa shape index (κ3) is 3.60. The van der Waals surface area contributed by atoms with Gasteiger partial charge in [-0.1, -0.05) is 0 Å². The van der Waals surface area contributed by atoms with Crippen LogP contribution < -0.4 is 15.7 Å². The second-order valence-corrected chi connectivity index (χ2v) is 5.21. The van der Waals surface area contributed by atoms with Crippen LogP contribution in [0.15, 0.2) is 63.8 Å². The van der Waals surface area contributed by atoms with E-state index in [0.717, 1.165) is 5.39 Å². The summed E-state index contributed by atoms with van der Waals surface area (Å²) >= 11 is 0. The van der Waals surface area contributed by atoms with E-state index in [9.17, 15) is 14.0 Å². The van der Waals surface area contributed by atoms with E-state index in [4.69, 9.17) is 9.15 Å². The van der Waals surface area contributed by atoms with Gasteiger partial charge in [-0.05, 0) is 49.4 Å². The monoisotopic (exact) mass is 327 g/mol. The van der Waals surface area contributed by atoms with Gasteiger partial charge in [-0.2, -0.15) is 0 Å². The Kier molecular flexibility index (Phi) is 4.29. The number of ether oxygens (including phenoxy) is 1. The average molecular weight is 327 g/mol. The number of nitrogens with one attached hydrogen (secondary N) is 1. The molecule has 2 aromatic carbocycles. The largest absolute Gasteiger partial charge is 0.481 e. The third-order valence-corrected chi connectivity index (χ3v) is 3.39. The van der Waals surface area contributed by atoms with Gasteiger partial charge in [0, 0.05) is 23.2 Å². The van der Waals surface area contributed by atoms with E-state index in [1.807, 2.05) is 0 Å². The molecule has 0 radical (unpaired) electrons. The molecule has 0 saturated carbocycles. The molecule has 0 fully saturated rings. The number of hydrogen-bond donors (Lipinski definition) is 1. The molecule has 1 amide bonds. The maximum atomic E-state index is 12.9. The molecule has 24 heavy (non-hydrogen) atoms. The van der Waals surface area contributed by atoms with E-state index < -0.39 is 11.7 Å². The summed E-state index contributed by atoms with van der Waals surface area (Å²) in [7, 11) is 0. The van der Waals surface area contributed by atoms with Gasteiger partial charge in [-0.15, -0.1) is 0 Å². The van der Waals surface area contributed by atoms with Crippen LogP contribution in [0.3, 0.4) is 0 Å². The maximum absolute atomic E-state index is 12.9. The summed E-state index contributed by atoms with van der Waals surface area (Å²) in [4.78, 5) is 23.4. The molecular weight excluding hydrogens is 313 g/mol. The maximum Gasteiger partial charge on any atom is 0.336 e. The predicted molar refractivity (Wildman–Crippen MR) is 87.6 cm³/mol. The molecule has 5 nitrogen and oxygen atoms in total. The van der Waals surface area contributed by atoms with Crippen LogP contribution in [0.1, 0.15) is 6.92 Å². The van der Waals surface area contributed by atoms with E-state index in [1.54, 1.807) is 31.2 Å². The Morgan fingerprint density at radius 2 is 1.83 bits per heavy atom. The minimum Gasteiger partial charge on any atom is -0.481 e. The summed E-state index contributed by atoms with van der Waals surface area (Å²) in [6.07, 6.45) is -0.789. The lowest BCUT2D eigenvalue weighted by Gasteiger charge is -2.15. The van der Waals surface area contributed by atoms with Gasteiger partial charge in [0.25, 0.3) is 5.91 Å². The number of anilines is 1. The first-order valence-electron chi connectivity index (χ1n) is 7.28. The first-order chi connectivity index (χ1) is 11.5. The van der Waals surface area contributed by atoms with Crippen LogP contribution in [-0.4, -0.2) is 12.0 Å². The van der Waals surface area contributed by atoms with Crippen molar-refractivity contribution >= 4 is 22.6 Å². The van der Waals surface area contributed by atoms with Crippen LogP contribution in [0.4, 0.5) is 10.1 Å². The van der Waals surface area contributed by atoms with Gasteiger partial charge in [0.2, 0.25) is 0 Å². The number of carbonyl (C=O) groups is 1. The molecule has 0 aliphatic heterocycles. The molecule has 1 aromatic heterocycles. The quantitative estimate of drug-likeness (QED) is 0.746. The zero-order chi connectivity index (χ0) is 17.1. The van der Waals surface area contributed by atoms with E-state index >= 15 is 0 Å². The van der Waals surface area contributed by atoms with Crippen molar-refractivity contribution in [3.63, 3.8) is 0 Å². The highest BCUT2D eigenvalue weighted by atomic mass is 19.1. The molecule has 0 aliphatic rings. The van der Waals surface area contributed by atoms with Crippen molar-refractivity contribution < 1.29 is 18.3 Å². The fourth-order valence-electron chi connectivity index (χ4n) is 2.15. The van der Waals surface area contributed by atoms with Gasteiger partial charge in [0.1, 0.15) is 17.1 Å². The van der Waals surface area contributed by atoms with Crippen LogP contribution >= 0.6 is 0 Å². The van der Waals surface area contributed by atoms with Crippen LogP contribution in [0.5, 0.6) is 5.75 Å². The lowest BCUT2D eigenvalue weighted by Crippen LogP contribution is -2.30. The molecule has 0 aliphatic carbocycles. The fourth-order valence-corrected chi connectivity index (χ4v) is 2.15. The van der Waals surface area contributed by atoms with Gasteiger partial charge in [0.05, 0.1) is 0 Å². The van der Waals surface area contributed by atoms with Crippen LogP contribution in [-0.2, 0) is 4.79 Å². The Morgan fingerprint density at radius 3 is 2.58 bits per heavy atom. The topological polar surface area (TPSA) is 68.5 Å². The van der Waals surface area contributed by atoms with Gasteiger partial charge in [-0.25, -0.2) is 9.18 Å². The number of benzene rings is 2. The molecule has 3 rings (SSSR count). The Balaban J connectivity index is 1.71. The summed E-state index contributed by atoms with van der Waals surface area (Å²) in [5.74, 6) is -0.357. The summed E-state index contributed by atoms with van der Waals surface area (Å²) in [6, 6.07) is 13.4. The van der Waals surface area contributed by atoms with Crippen molar-refractivity contribution in [2.45, 2.75) is 13.0 Å². The second kappa shape index (κ2) is 6.54. The van der Waals surface area contributed by atoms with Gasteiger partial charge in [0.15, 0.2) is 6.10 Å². The van der Waals surface area contributed by atoms with E-state index in [2.05, 4.69) is 5.32 Å². The summed E-state index contributed by atoms with van der Waals surface area (Å²) in [5, 5.41) is 3.39. The smallest absolute Gasteiger partial charge is 0.336 e. The zero-order valence-corrected chi connectivity index (χ0v) is 12.8. The van der Waals surface area contributed by atoms with Crippen LogP contribution in [0.2, 0.25) is 0 Å². The minimum atomic E-state index is -0.789. The molecular formula is C18H14FNO4. The second-order valence-electron chi connectivity index (χ2n) is 5.21. The number of fused-ring (bicyclic) bond motifs is 1. The highest BCUT2D eigenvalue weighted by Gasteiger charge is 2.15. The van der Waals surface area contributed by atoms with E-state index in [1.165, 1.54) is 30.3 Å². The minimum absolute atomic E-state index is 0.379. The van der Waals surface area contributed by atoms with E-state index in [-0.39, 0.29) is 11.7 Å². The van der Waals surface area contributed by atoms with E-state index in [0.29, 0.717) is 17.0 Å². The summed E-state index contributed by atoms with van der Waals surface area (Å²) in [6.45, 7) is 1.59. The van der Waals surface area contributed by atoms with Gasteiger partial charge >= 0.3 is 5.63 Å². The summed E-state index contributed by atoms with van der Waals surface area (Å²) < 4.78 is 23.5. The van der Waals surface area contributed by atoms with Crippen molar-refractivity contribution in [1.82, 2.24) is 0 Å². The normalized spacial score (nSPS) is 11.9. The van der Waals surface area contributed by atoms with Crippen LogP contribution in [0, 0.1) is 5.82 Å². The first kappa shape index (κ1) is 15.7. The Morgan fingerprint density at radius 1 is 1.12 bits per heavy atom. The Labute approximate surface area is 136 Å². The first-order valence-corrected chi connectivity index (χ1v) is 7.28. The van der Waals surface area contributed by atoms with Crippen molar-refractivity contribution in [2.24, 2.45) is 0 Å². The SMILES string of the molecule is C[C@H](Oc1ccc2ccc(=O)oc2c1)C(=O)Nc1ccc(F)cc1. The number of hydrogen-bond acceptors (Lipinski definition) is 4. The molecule has 1 atom stereocenters. The lowest BCUT2D eigenvalue weighted by atomic mass is 10.2. The standard InChI is InChI=1S/C18H14FNO4/c1-11(18(22)20-14-6-4-13(19)5-7-14)23-15-8-2-12-3-9-17(21)24-16(12)10-15/h2-11H,1H3,(H,20,22)/t11-/m0/s1. The molecule has 6 heteroatoms. The molecule has 0 spiro atoms. The predicted octanol–water partition coefficient (Wildman–Crippen LogP) is 3.34. The molecule has 1 N–H and O–H groups in total. The Hall–Kier alpha value is -3.15. The number of halogens is 1. The molecule has 3 aromatic rings. The molecule has 0 saturated heterocycles. The fraction of sp³-hybridized carbons (Fsp3) is 0.111. The van der Waals surface area contributed by atoms with Crippen molar-refractivity contribution in [3.8, 4) is 5.75 Å². The third-order valence-electron chi connectivity index (χ3n) is 3.39. The number of rotatable bonds is 4. The van der Waals surface area contributed by atoms with Crippen molar-refractivity contribution in [2.75, 3.05) is 5.32 Å². The molecule has 122 valence electrons. The van der Waals surface area contributed by atoms with Gasteiger partial charge < -0.3 is 14.5 Å². The number of amides is 1. The van der Waals surface area contributed by atoms with Gasteiger partial charge in [-0.3, -0.25) is 4.79 Å². The van der Waals surface area contributed by atoms with Crippen molar-refractivity contribution in [1.29, 1.82) is 0 Å². The number of carbonyl (C=O) groups excluding carboxylic acids is 1.